The van der Waals surface area contributed by atoms with E-state index < -0.39 is 12.6 Å². The molecule has 1 saturated carbocycles. The number of amides is 1. The molecule has 0 spiro atoms. The van der Waals surface area contributed by atoms with Crippen LogP contribution in [0, 0.1) is 0 Å². The van der Waals surface area contributed by atoms with Gasteiger partial charge in [0.05, 0.1) is 13.2 Å². The number of anilines is 1. The number of carbonyl (C=O) groups excluding carboxylic acids is 1. The number of aliphatic carboxylic acids is 1. The van der Waals surface area contributed by atoms with Crippen LogP contribution in [0.25, 0.3) is 0 Å². The van der Waals surface area contributed by atoms with Crippen LogP contribution in [0.3, 0.4) is 0 Å². The molecule has 3 rings (SSSR count). The molecule has 28 heavy (non-hydrogen) atoms. The molecule has 2 aromatic rings. The van der Waals surface area contributed by atoms with E-state index in [1.54, 1.807) is 49.6 Å². The molecule has 1 aliphatic rings. The van der Waals surface area contributed by atoms with Crippen molar-refractivity contribution < 1.29 is 28.9 Å². The second-order valence-corrected chi connectivity index (χ2v) is 6.55. The fraction of sp³-hybridized carbons (Fsp3) is 0.333. The first-order valence-corrected chi connectivity index (χ1v) is 9.16. The van der Waals surface area contributed by atoms with Crippen LogP contribution in [-0.4, -0.2) is 36.8 Å². The van der Waals surface area contributed by atoms with Crippen molar-refractivity contribution in [3.05, 3.63) is 48.0 Å². The van der Waals surface area contributed by atoms with Crippen LogP contribution in [0.5, 0.6) is 17.2 Å². The van der Waals surface area contributed by atoms with Crippen molar-refractivity contribution in [1.29, 1.82) is 0 Å². The van der Waals surface area contributed by atoms with Crippen LogP contribution in [0.15, 0.2) is 42.5 Å². The molecule has 1 aliphatic carbocycles. The highest BCUT2D eigenvalue weighted by Crippen LogP contribution is 2.32. The Bertz CT molecular complexity index is 845. The van der Waals surface area contributed by atoms with Crippen molar-refractivity contribution in [1.82, 2.24) is 0 Å². The van der Waals surface area contributed by atoms with Crippen LogP contribution >= 0.6 is 0 Å². The van der Waals surface area contributed by atoms with Gasteiger partial charge in [-0.15, -0.1) is 0 Å². The molecule has 7 heteroatoms. The van der Waals surface area contributed by atoms with E-state index in [0.717, 1.165) is 12.8 Å². The Morgan fingerprint density at radius 1 is 1.11 bits per heavy atom. The molecule has 2 N–H and O–H groups in total. The second kappa shape index (κ2) is 9.12. The summed E-state index contributed by atoms with van der Waals surface area (Å²) in [5.41, 5.74) is 0.922. The molecule has 1 fully saturated rings. The normalized spacial score (nSPS) is 13.8. The van der Waals surface area contributed by atoms with Gasteiger partial charge >= 0.3 is 5.97 Å². The molecule has 0 heterocycles. The fourth-order valence-electron chi connectivity index (χ4n) is 3.10. The average Bonchev–Trinajstić information content (AvgIpc) is 3.20. The number of nitrogens with one attached hydrogen (secondary N) is 1. The monoisotopic (exact) mass is 385 g/mol. The highest BCUT2D eigenvalue weighted by molar-refractivity contribution is 6.04. The van der Waals surface area contributed by atoms with Crippen LogP contribution in [0.2, 0.25) is 0 Å². The summed E-state index contributed by atoms with van der Waals surface area (Å²) < 4.78 is 16.5. The van der Waals surface area contributed by atoms with E-state index in [0.29, 0.717) is 28.5 Å². The van der Waals surface area contributed by atoms with Crippen LogP contribution in [0.4, 0.5) is 5.69 Å². The first-order valence-electron chi connectivity index (χ1n) is 9.16. The second-order valence-electron chi connectivity index (χ2n) is 6.55. The zero-order valence-electron chi connectivity index (χ0n) is 15.6. The third kappa shape index (κ3) is 5.16. The molecule has 7 nitrogen and oxygen atoms in total. The molecule has 0 aromatic heterocycles. The summed E-state index contributed by atoms with van der Waals surface area (Å²) in [5, 5.41) is 11.5. The maximum atomic E-state index is 12.6. The van der Waals surface area contributed by atoms with Gasteiger partial charge in [0, 0.05) is 17.3 Å². The Morgan fingerprint density at radius 2 is 1.89 bits per heavy atom. The van der Waals surface area contributed by atoms with E-state index >= 15 is 0 Å². The average molecular weight is 385 g/mol. The minimum Gasteiger partial charge on any atom is -0.493 e. The lowest BCUT2D eigenvalue weighted by Crippen LogP contribution is -2.14. The quantitative estimate of drug-likeness (QED) is 0.719. The van der Waals surface area contributed by atoms with Gasteiger partial charge in [0.15, 0.2) is 18.1 Å². The lowest BCUT2D eigenvalue weighted by Gasteiger charge is -2.16. The molecule has 0 bridgehead atoms. The largest absolute Gasteiger partial charge is 0.493 e. The highest BCUT2D eigenvalue weighted by atomic mass is 16.5. The van der Waals surface area contributed by atoms with E-state index in [9.17, 15) is 9.59 Å². The SMILES string of the molecule is COc1cc(C(=O)Nc2cccc(OCC(=O)O)c2)ccc1OC1CCCC1. The number of rotatable bonds is 8. The highest BCUT2D eigenvalue weighted by Gasteiger charge is 2.19. The first-order chi connectivity index (χ1) is 13.5. The van der Waals surface area contributed by atoms with Crippen molar-refractivity contribution in [2.24, 2.45) is 0 Å². The number of benzene rings is 2. The minimum atomic E-state index is -1.07. The Hall–Kier alpha value is -3.22. The maximum absolute atomic E-state index is 12.6. The summed E-state index contributed by atoms with van der Waals surface area (Å²) in [6.45, 7) is -0.447. The topological polar surface area (TPSA) is 94.1 Å². The summed E-state index contributed by atoms with van der Waals surface area (Å²) >= 11 is 0. The standard InChI is InChI=1S/C21H23NO6/c1-26-19-11-14(9-10-18(19)28-16-6-2-3-7-16)21(25)22-15-5-4-8-17(12-15)27-13-20(23)24/h4-5,8-12,16H,2-3,6-7,13H2,1H3,(H,22,25)(H,23,24). The van der Waals surface area contributed by atoms with E-state index in [1.165, 1.54) is 12.8 Å². The van der Waals surface area contributed by atoms with E-state index in [1.807, 2.05) is 0 Å². The van der Waals surface area contributed by atoms with Gasteiger partial charge in [0.1, 0.15) is 5.75 Å². The van der Waals surface area contributed by atoms with E-state index in [2.05, 4.69) is 5.32 Å². The van der Waals surface area contributed by atoms with Crippen LogP contribution in [0.1, 0.15) is 36.0 Å². The maximum Gasteiger partial charge on any atom is 0.341 e. The third-order valence-corrected chi connectivity index (χ3v) is 4.48. The van der Waals surface area contributed by atoms with Gasteiger partial charge in [-0.1, -0.05) is 6.07 Å². The van der Waals surface area contributed by atoms with Crippen molar-refractivity contribution in [2.45, 2.75) is 31.8 Å². The molecule has 0 unspecified atom stereocenters. The lowest BCUT2D eigenvalue weighted by molar-refractivity contribution is -0.139. The lowest BCUT2D eigenvalue weighted by atomic mass is 10.1. The van der Waals surface area contributed by atoms with Gasteiger partial charge in [-0.2, -0.15) is 0 Å². The van der Waals surface area contributed by atoms with Gasteiger partial charge in [-0.3, -0.25) is 4.79 Å². The number of hydrogen-bond acceptors (Lipinski definition) is 5. The van der Waals surface area contributed by atoms with Crippen LogP contribution in [-0.2, 0) is 4.79 Å². The summed E-state index contributed by atoms with van der Waals surface area (Å²) in [7, 11) is 1.54. The van der Waals surface area contributed by atoms with Crippen molar-refractivity contribution >= 4 is 17.6 Å². The zero-order chi connectivity index (χ0) is 19.9. The zero-order valence-corrected chi connectivity index (χ0v) is 15.6. The fourth-order valence-corrected chi connectivity index (χ4v) is 3.10. The van der Waals surface area contributed by atoms with Crippen molar-refractivity contribution in [2.75, 3.05) is 19.0 Å². The number of hydrogen-bond donors (Lipinski definition) is 2. The molecular formula is C21H23NO6. The summed E-state index contributed by atoms with van der Waals surface area (Å²) in [5.74, 6) is 0.119. The van der Waals surface area contributed by atoms with Crippen molar-refractivity contribution in [3.63, 3.8) is 0 Å². The first kappa shape index (κ1) is 19.5. The molecule has 0 atom stereocenters. The van der Waals surface area contributed by atoms with Crippen LogP contribution < -0.4 is 19.5 Å². The summed E-state index contributed by atoms with van der Waals surface area (Å²) in [6.07, 6.45) is 4.60. The number of carboxylic acids is 1. The molecule has 2 aromatic carbocycles. The van der Waals surface area contributed by atoms with Gasteiger partial charge in [0.25, 0.3) is 5.91 Å². The Labute approximate surface area is 163 Å². The smallest absolute Gasteiger partial charge is 0.341 e. The number of methoxy groups -OCH3 is 1. The molecule has 1 amide bonds. The Morgan fingerprint density at radius 3 is 2.61 bits per heavy atom. The molecule has 148 valence electrons. The van der Waals surface area contributed by atoms with Crippen molar-refractivity contribution in [3.8, 4) is 17.2 Å². The van der Waals surface area contributed by atoms with Gasteiger partial charge in [-0.05, 0) is 56.0 Å². The molecular weight excluding hydrogens is 362 g/mol. The number of carbonyl (C=O) groups is 2. The summed E-state index contributed by atoms with van der Waals surface area (Å²) in [4.78, 5) is 23.2. The van der Waals surface area contributed by atoms with Gasteiger partial charge in [-0.25, -0.2) is 4.79 Å². The predicted octanol–water partition coefficient (Wildman–Crippen LogP) is 3.73. The Kier molecular flexibility index (Phi) is 6.37. The Balaban J connectivity index is 1.68. The molecule has 0 saturated heterocycles. The number of ether oxygens (including phenoxy) is 3. The molecule has 0 radical (unpaired) electrons. The van der Waals surface area contributed by atoms with Gasteiger partial charge in [0.2, 0.25) is 0 Å². The molecule has 0 aliphatic heterocycles. The predicted molar refractivity (Wildman–Crippen MR) is 103 cm³/mol. The number of carboxylic acid groups (broad SMARTS) is 1. The third-order valence-electron chi connectivity index (χ3n) is 4.48. The minimum absolute atomic E-state index is 0.196. The van der Waals surface area contributed by atoms with E-state index in [4.69, 9.17) is 19.3 Å². The van der Waals surface area contributed by atoms with E-state index in [-0.39, 0.29) is 12.0 Å². The summed E-state index contributed by atoms with van der Waals surface area (Å²) in [6, 6.07) is 11.6. The van der Waals surface area contributed by atoms with Gasteiger partial charge < -0.3 is 24.6 Å².